The van der Waals surface area contributed by atoms with E-state index in [-0.39, 0.29) is 5.91 Å². The molecule has 0 aliphatic rings. The van der Waals surface area contributed by atoms with Gasteiger partial charge >= 0.3 is 0 Å². The lowest BCUT2D eigenvalue weighted by Gasteiger charge is -1.95. The van der Waals surface area contributed by atoms with Gasteiger partial charge in [0.1, 0.15) is 0 Å². The summed E-state index contributed by atoms with van der Waals surface area (Å²) < 4.78 is 1.80. The number of rotatable bonds is 6. The summed E-state index contributed by atoms with van der Waals surface area (Å²) in [7, 11) is 0. The number of benzene rings is 2. The number of thioether (sulfide) groups is 1. The molecule has 134 valence electrons. The maximum atomic E-state index is 12.4. The first-order valence-corrected chi connectivity index (χ1v) is 10.7. The van der Waals surface area contributed by atoms with Gasteiger partial charge in [0.25, 0.3) is 5.91 Å². The summed E-state index contributed by atoms with van der Waals surface area (Å²) in [5.41, 5.74) is 1.99. The molecule has 0 aliphatic heterocycles. The summed E-state index contributed by atoms with van der Waals surface area (Å²) in [6.45, 7) is 0. The zero-order valence-electron chi connectivity index (χ0n) is 14.0. The summed E-state index contributed by atoms with van der Waals surface area (Å²) in [6, 6.07) is 17.8. The molecule has 1 amide bonds. The number of nitrogens with zero attached hydrogens (tertiary/aromatic N) is 3. The third kappa shape index (κ3) is 4.60. The van der Waals surface area contributed by atoms with Gasteiger partial charge in [-0.2, -0.15) is 0 Å². The number of aromatic nitrogens is 3. The fourth-order valence-electron chi connectivity index (χ4n) is 2.31. The highest BCUT2D eigenvalue weighted by molar-refractivity contribution is 8.01. The number of anilines is 1. The van der Waals surface area contributed by atoms with Gasteiger partial charge in [0.2, 0.25) is 5.13 Å². The number of carbonyl (C=O) groups excluding carboxylic acids is 1. The van der Waals surface area contributed by atoms with Gasteiger partial charge in [-0.15, -0.1) is 21.5 Å². The molecule has 0 bridgehead atoms. The molecule has 0 spiro atoms. The lowest BCUT2D eigenvalue weighted by molar-refractivity contribution is 0.102. The predicted molar refractivity (Wildman–Crippen MR) is 114 cm³/mol. The van der Waals surface area contributed by atoms with Gasteiger partial charge in [0, 0.05) is 5.75 Å². The van der Waals surface area contributed by atoms with E-state index in [1.54, 1.807) is 11.8 Å². The number of para-hydroxylation sites is 1. The van der Waals surface area contributed by atoms with E-state index in [2.05, 4.69) is 44.8 Å². The molecule has 4 aromatic rings. The Labute approximate surface area is 168 Å². The number of fused-ring (bicyclic) bond motifs is 1. The number of thiazole rings is 1. The van der Waals surface area contributed by atoms with Crippen LogP contribution in [0.4, 0.5) is 5.13 Å². The van der Waals surface area contributed by atoms with E-state index in [0.29, 0.717) is 10.1 Å². The van der Waals surface area contributed by atoms with Crippen LogP contribution in [0.1, 0.15) is 15.4 Å². The minimum Gasteiger partial charge on any atom is -0.294 e. The molecule has 0 aliphatic carbocycles. The van der Waals surface area contributed by atoms with Gasteiger partial charge in [-0.3, -0.25) is 10.1 Å². The Morgan fingerprint density at radius 1 is 1.04 bits per heavy atom. The Hall–Kier alpha value is -2.55. The summed E-state index contributed by atoms with van der Waals surface area (Å²) >= 11 is 4.31. The third-order valence-electron chi connectivity index (χ3n) is 3.53. The molecule has 0 saturated heterocycles. The van der Waals surface area contributed by atoms with E-state index in [0.717, 1.165) is 20.3 Å². The zero-order chi connectivity index (χ0) is 18.5. The van der Waals surface area contributed by atoms with Crippen LogP contribution in [0.5, 0.6) is 0 Å². The molecular weight excluding hydrogens is 396 g/mol. The second-order valence-electron chi connectivity index (χ2n) is 5.44. The fraction of sp³-hybridized carbons (Fsp3) is 0.0526. The number of nitrogens with one attached hydrogen (secondary N) is 1. The van der Waals surface area contributed by atoms with Crippen molar-refractivity contribution in [3.8, 4) is 0 Å². The van der Waals surface area contributed by atoms with Crippen LogP contribution in [0.2, 0.25) is 0 Å². The molecule has 0 unspecified atom stereocenters. The van der Waals surface area contributed by atoms with Crippen LogP contribution in [-0.2, 0) is 0 Å². The maximum absolute atomic E-state index is 12.4. The first kappa shape index (κ1) is 17.8. The molecule has 4 rings (SSSR count). The van der Waals surface area contributed by atoms with Gasteiger partial charge in [-0.05, 0) is 17.7 Å². The Morgan fingerprint density at radius 3 is 2.70 bits per heavy atom. The van der Waals surface area contributed by atoms with E-state index < -0.39 is 0 Å². The van der Waals surface area contributed by atoms with E-state index in [9.17, 15) is 4.79 Å². The topological polar surface area (TPSA) is 67.8 Å². The highest BCUT2D eigenvalue weighted by atomic mass is 32.2. The fourth-order valence-corrected chi connectivity index (χ4v) is 4.75. The largest absolute Gasteiger partial charge is 0.294 e. The molecule has 2 aromatic heterocycles. The SMILES string of the molecule is O=C(Nc1nnc(SC/C=C/c2ccccc2)s1)c1nc2ccccc2s1. The summed E-state index contributed by atoms with van der Waals surface area (Å²) in [5, 5.41) is 11.8. The standard InChI is InChI=1S/C19H14N4OS3/c24-16(17-20-14-10-4-5-11-15(14)26-17)21-18-22-23-19(27-18)25-12-6-9-13-7-2-1-3-8-13/h1-11H,12H2,(H,21,22,24)/b9-6+. The van der Waals surface area contributed by atoms with Crippen LogP contribution in [0.25, 0.3) is 16.3 Å². The lowest BCUT2D eigenvalue weighted by Crippen LogP contribution is -2.11. The van der Waals surface area contributed by atoms with Gasteiger partial charge in [-0.1, -0.05) is 77.7 Å². The number of hydrogen-bond acceptors (Lipinski definition) is 7. The monoisotopic (exact) mass is 410 g/mol. The van der Waals surface area contributed by atoms with Crippen LogP contribution in [-0.4, -0.2) is 26.8 Å². The lowest BCUT2D eigenvalue weighted by atomic mass is 10.2. The minimum atomic E-state index is -0.257. The van der Waals surface area contributed by atoms with Gasteiger partial charge in [0.15, 0.2) is 9.35 Å². The second-order valence-corrected chi connectivity index (χ2v) is 8.71. The van der Waals surface area contributed by atoms with Crippen molar-refractivity contribution in [2.45, 2.75) is 4.34 Å². The molecule has 0 fully saturated rings. The second kappa shape index (κ2) is 8.43. The van der Waals surface area contributed by atoms with Crippen LogP contribution in [0, 0.1) is 0 Å². The van der Waals surface area contributed by atoms with Crippen molar-refractivity contribution >= 4 is 61.8 Å². The molecule has 0 saturated carbocycles. The van der Waals surface area contributed by atoms with Gasteiger partial charge in [0.05, 0.1) is 10.2 Å². The molecule has 2 aromatic carbocycles. The minimum absolute atomic E-state index is 0.257. The van der Waals surface area contributed by atoms with Crippen molar-refractivity contribution in [1.82, 2.24) is 15.2 Å². The van der Waals surface area contributed by atoms with Crippen molar-refractivity contribution in [2.75, 3.05) is 11.1 Å². The zero-order valence-corrected chi connectivity index (χ0v) is 16.5. The molecule has 27 heavy (non-hydrogen) atoms. The van der Waals surface area contributed by atoms with Crippen molar-refractivity contribution < 1.29 is 4.79 Å². The number of hydrogen-bond donors (Lipinski definition) is 1. The Kier molecular flexibility index (Phi) is 5.57. The van der Waals surface area contributed by atoms with Crippen molar-refractivity contribution in [3.05, 3.63) is 71.2 Å². The molecule has 8 heteroatoms. The van der Waals surface area contributed by atoms with E-state index >= 15 is 0 Å². The first-order valence-electron chi connectivity index (χ1n) is 8.13. The normalized spacial score (nSPS) is 11.3. The Morgan fingerprint density at radius 2 is 1.85 bits per heavy atom. The quantitative estimate of drug-likeness (QED) is 0.349. The van der Waals surface area contributed by atoms with Crippen molar-refractivity contribution in [3.63, 3.8) is 0 Å². The average molecular weight is 411 g/mol. The molecule has 5 nitrogen and oxygen atoms in total. The highest BCUT2D eigenvalue weighted by Crippen LogP contribution is 2.27. The molecule has 0 radical (unpaired) electrons. The number of amides is 1. The van der Waals surface area contributed by atoms with Crippen LogP contribution >= 0.6 is 34.4 Å². The molecular formula is C19H14N4OS3. The summed E-state index contributed by atoms with van der Waals surface area (Å²) in [5.74, 6) is 0.530. The van der Waals surface area contributed by atoms with Crippen LogP contribution in [0.3, 0.4) is 0 Å². The molecule has 0 atom stereocenters. The third-order valence-corrected chi connectivity index (χ3v) is 6.49. The van der Waals surface area contributed by atoms with Crippen molar-refractivity contribution in [2.24, 2.45) is 0 Å². The van der Waals surface area contributed by atoms with Crippen LogP contribution in [0.15, 0.2) is 65.0 Å². The van der Waals surface area contributed by atoms with E-state index in [1.807, 2.05) is 42.5 Å². The first-order chi connectivity index (χ1) is 13.3. The van der Waals surface area contributed by atoms with Gasteiger partial charge in [-0.25, -0.2) is 4.98 Å². The summed E-state index contributed by atoms with van der Waals surface area (Å²) in [4.78, 5) is 16.7. The highest BCUT2D eigenvalue weighted by Gasteiger charge is 2.14. The smallest absolute Gasteiger partial charge is 0.286 e. The Balaban J connectivity index is 1.33. The van der Waals surface area contributed by atoms with Gasteiger partial charge < -0.3 is 0 Å². The maximum Gasteiger partial charge on any atom is 0.286 e. The van der Waals surface area contributed by atoms with Crippen LogP contribution < -0.4 is 5.32 Å². The van der Waals surface area contributed by atoms with Crippen molar-refractivity contribution in [1.29, 1.82) is 0 Å². The summed E-state index contributed by atoms with van der Waals surface area (Å²) in [6.07, 6.45) is 4.16. The molecule has 1 N–H and O–H groups in total. The van der Waals surface area contributed by atoms with E-state index in [1.165, 1.54) is 28.2 Å². The average Bonchev–Trinajstić information content (AvgIpc) is 3.33. The predicted octanol–water partition coefficient (Wildman–Crippen LogP) is 5.21. The molecule has 2 heterocycles. The Bertz CT molecular complexity index is 1060. The number of carbonyl (C=O) groups is 1. The van der Waals surface area contributed by atoms with E-state index in [4.69, 9.17) is 0 Å².